The molecule has 36 heavy (non-hydrogen) atoms. The average Bonchev–Trinajstić information content (AvgIpc) is 3.23. The molecule has 0 bridgehead atoms. The van der Waals surface area contributed by atoms with Crippen molar-refractivity contribution in [3.63, 3.8) is 0 Å². The third-order valence-corrected chi connectivity index (χ3v) is 10.7. The molecule has 2 aliphatic rings. The first-order valence-corrected chi connectivity index (χ1v) is 14.3. The number of hydrogen-bond acceptors (Lipinski definition) is 7. The summed E-state index contributed by atoms with van der Waals surface area (Å²) in [5.41, 5.74) is 0.463. The van der Waals surface area contributed by atoms with Crippen LogP contribution in [0.2, 0.25) is 0 Å². The topological polar surface area (TPSA) is 129 Å². The van der Waals surface area contributed by atoms with E-state index < -0.39 is 27.0 Å². The van der Waals surface area contributed by atoms with Gasteiger partial charge in [0.1, 0.15) is 0 Å². The van der Waals surface area contributed by atoms with E-state index in [0.717, 1.165) is 10.4 Å². The molecule has 10 heteroatoms. The molecule has 0 saturated heterocycles. The third kappa shape index (κ3) is 4.65. The number of nitrogens with one attached hydrogen (secondary N) is 2. The van der Waals surface area contributed by atoms with E-state index in [4.69, 9.17) is 11.4 Å². The number of carbonyl (C=O) groups excluding carboxylic acids is 1. The van der Waals surface area contributed by atoms with Crippen molar-refractivity contribution in [1.82, 2.24) is 10.3 Å². The van der Waals surface area contributed by atoms with Crippen molar-refractivity contribution in [3.05, 3.63) is 40.4 Å². The summed E-state index contributed by atoms with van der Waals surface area (Å²) in [5.74, 6) is 1.75. The zero-order valence-electron chi connectivity index (χ0n) is 20.7. The van der Waals surface area contributed by atoms with Crippen molar-refractivity contribution in [2.75, 3.05) is 17.9 Å². The number of sulfonamides is 1. The maximum absolute atomic E-state index is 13.0. The van der Waals surface area contributed by atoms with Crippen LogP contribution in [0.3, 0.4) is 0 Å². The first-order valence-electron chi connectivity index (χ1n) is 12.0. The standard InChI is InChI=1S/C26H33N3O5S2/c1-5-12-27-22(32)13-18-23-19(14-20-25(18,3)11-10-21(31)26(20,4)15-30)35-24(28-23)29-36(33,34)17-8-6-16(2)7-9-17/h1,6-9,18,20-21,30-31H,10-15H2,2-4H3,(H,27,32)(H,28,29)/t18-,20+,21-,25+,26+/m1/s1. The number of nitrogens with zero attached hydrogens (tertiary/aromatic N) is 1. The highest BCUT2D eigenvalue weighted by Crippen LogP contribution is 2.62. The molecule has 0 unspecified atom stereocenters. The van der Waals surface area contributed by atoms with Crippen LogP contribution in [0.4, 0.5) is 5.13 Å². The minimum atomic E-state index is -3.84. The molecule has 4 rings (SSSR count). The smallest absolute Gasteiger partial charge is 0.263 e. The number of thiazole rings is 1. The van der Waals surface area contributed by atoms with Gasteiger partial charge in [0.15, 0.2) is 5.13 Å². The number of carbonyl (C=O) groups is 1. The Bertz CT molecular complexity index is 1280. The highest BCUT2D eigenvalue weighted by Gasteiger charge is 2.59. The molecule has 2 aliphatic carbocycles. The quantitative estimate of drug-likeness (QED) is 0.407. The maximum Gasteiger partial charge on any atom is 0.263 e. The van der Waals surface area contributed by atoms with Gasteiger partial charge in [-0.1, -0.05) is 37.5 Å². The Morgan fingerprint density at radius 3 is 2.64 bits per heavy atom. The lowest BCUT2D eigenvalue weighted by Crippen LogP contribution is -2.57. The van der Waals surface area contributed by atoms with Crippen molar-refractivity contribution in [2.45, 2.75) is 63.4 Å². The highest BCUT2D eigenvalue weighted by atomic mass is 32.2. The minimum absolute atomic E-state index is 0.115. The summed E-state index contributed by atoms with van der Waals surface area (Å²) in [4.78, 5) is 18.5. The van der Waals surface area contributed by atoms with Crippen LogP contribution in [0, 0.1) is 36.0 Å². The van der Waals surface area contributed by atoms with Crippen LogP contribution in [-0.4, -0.2) is 48.8 Å². The number of anilines is 1. The Balaban J connectivity index is 1.74. The second-order valence-corrected chi connectivity index (χ2v) is 13.2. The molecule has 1 fully saturated rings. The molecule has 4 N–H and O–H groups in total. The van der Waals surface area contributed by atoms with Gasteiger partial charge in [-0.2, -0.15) is 0 Å². The lowest BCUT2D eigenvalue weighted by atomic mass is 9.47. The Hall–Kier alpha value is -2.45. The van der Waals surface area contributed by atoms with Gasteiger partial charge in [-0.3, -0.25) is 9.52 Å². The van der Waals surface area contributed by atoms with Crippen molar-refractivity contribution in [2.24, 2.45) is 16.7 Å². The van der Waals surface area contributed by atoms with E-state index in [1.165, 1.54) is 11.3 Å². The van der Waals surface area contributed by atoms with Gasteiger partial charge in [0, 0.05) is 22.6 Å². The lowest BCUT2D eigenvalue weighted by molar-refractivity contribution is -0.144. The number of benzene rings is 1. The SMILES string of the molecule is C#CCNC(=O)C[C@@H]1c2nc(NS(=O)(=O)c3ccc(C)cc3)sc2C[C@@H]2[C@](C)(CO)[C@H](O)CC[C@]21C. The molecule has 0 radical (unpaired) electrons. The van der Waals surface area contributed by atoms with Gasteiger partial charge in [0.25, 0.3) is 10.0 Å². The zero-order chi connectivity index (χ0) is 26.3. The molecule has 1 saturated carbocycles. The monoisotopic (exact) mass is 531 g/mol. The number of amides is 1. The largest absolute Gasteiger partial charge is 0.396 e. The van der Waals surface area contributed by atoms with E-state index in [9.17, 15) is 23.4 Å². The number of aliphatic hydroxyl groups is 2. The summed E-state index contributed by atoms with van der Waals surface area (Å²) in [6.07, 6.45) is 6.46. The van der Waals surface area contributed by atoms with E-state index >= 15 is 0 Å². The van der Waals surface area contributed by atoms with E-state index in [2.05, 4.69) is 22.9 Å². The number of fused-ring (bicyclic) bond motifs is 2. The van der Waals surface area contributed by atoms with Crippen LogP contribution in [0.1, 0.15) is 55.2 Å². The molecule has 5 atom stereocenters. The van der Waals surface area contributed by atoms with Crippen molar-refractivity contribution in [3.8, 4) is 12.3 Å². The number of rotatable bonds is 7. The normalized spacial score (nSPS) is 29.5. The molecule has 2 aromatic rings. The van der Waals surface area contributed by atoms with Crippen molar-refractivity contribution >= 4 is 32.4 Å². The first kappa shape index (κ1) is 26.6. The van der Waals surface area contributed by atoms with Gasteiger partial charge < -0.3 is 15.5 Å². The third-order valence-electron chi connectivity index (χ3n) is 8.22. The molecular weight excluding hydrogens is 498 g/mol. The van der Waals surface area contributed by atoms with E-state index in [1.54, 1.807) is 24.3 Å². The second kappa shape index (κ2) is 9.78. The number of aromatic nitrogens is 1. The van der Waals surface area contributed by atoms with Crippen molar-refractivity contribution in [1.29, 1.82) is 0 Å². The van der Waals surface area contributed by atoms with E-state index in [1.807, 2.05) is 13.8 Å². The fraction of sp³-hybridized carbons (Fsp3) is 0.538. The molecule has 0 spiro atoms. The second-order valence-electron chi connectivity index (χ2n) is 10.5. The fourth-order valence-corrected chi connectivity index (χ4v) is 8.29. The molecular formula is C26H33N3O5S2. The summed E-state index contributed by atoms with van der Waals surface area (Å²) < 4.78 is 28.6. The molecule has 1 aromatic heterocycles. The van der Waals surface area contributed by atoms with Crippen LogP contribution >= 0.6 is 11.3 Å². The fourth-order valence-electron chi connectivity index (χ4n) is 5.99. The lowest BCUT2D eigenvalue weighted by Gasteiger charge is -2.58. The van der Waals surface area contributed by atoms with Gasteiger partial charge in [-0.25, -0.2) is 13.4 Å². The Kier molecular flexibility index (Phi) is 7.23. The maximum atomic E-state index is 13.0. The molecule has 1 amide bonds. The van der Waals surface area contributed by atoms with Crippen LogP contribution in [0.5, 0.6) is 0 Å². The summed E-state index contributed by atoms with van der Waals surface area (Å²) in [6, 6.07) is 6.57. The molecule has 0 aliphatic heterocycles. The Morgan fingerprint density at radius 1 is 1.31 bits per heavy atom. The molecule has 1 aromatic carbocycles. The zero-order valence-corrected chi connectivity index (χ0v) is 22.4. The number of terminal acetylenes is 1. The van der Waals surface area contributed by atoms with E-state index in [0.29, 0.717) is 25.0 Å². The predicted octanol–water partition coefficient (Wildman–Crippen LogP) is 2.81. The number of hydrogen-bond donors (Lipinski definition) is 4. The Labute approximate surface area is 216 Å². The van der Waals surface area contributed by atoms with Gasteiger partial charge in [-0.05, 0) is 49.7 Å². The molecule has 194 valence electrons. The van der Waals surface area contributed by atoms with Crippen LogP contribution < -0.4 is 10.0 Å². The summed E-state index contributed by atoms with van der Waals surface area (Å²) in [7, 11) is -3.84. The van der Waals surface area contributed by atoms with Gasteiger partial charge in [0.05, 0.1) is 29.8 Å². The molecule has 8 nitrogen and oxygen atoms in total. The van der Waals surface area contributed by atoms with Gasteiger partial charge in [-0.15, -0.1) is 17.8 Å². The van der Waals surface area contributed by atoms with Gasteiger partial charge in [0.2, 0.25) is 5.91 Å². The van der Waals surface area contributed by atoms with Gasteiger partial charge >= 0.3 is 0 Å². The first-order chi connectivity index (χ1) is 16.9. The number of aliphatic hydroxyl groups excluding tert-OH is 2. The van der Waals surface area contributed by atoms with Crippen LogP contribution in [0.15, 0.2) is 29.2 Å². The summed E-state index contributed by atoms with van der Waals surface area (Å²) in [5, 5.41) is 24.2. The number of aryl methyl sites for hydroxylation is 1. The minimum Gasteiger partial charge on any atom is -0.396 e. The van der Waals surface area contributed by atoms with Crippen molar-refractivity contribution < 1.29 is 23.4 Å². The Morgan fingerprint density at radius 2 is 2.00 bits per heavy atom. The highest BCUT2D eigenvalue weighted by molar-refractivity contribution is 7.93. The summed E-state index contributed by atoms with van der Waals surface area (Å²) in [6.45, 7) is 5.79. The van der Waals surface area contributed by atoms with Crippen LogP contribution in [-0.2, 0) is 21.2 Å². The average molecular weight is 532 g/mol. The van der Waals surface area contributed by atoms with E-state index in [-0.39, 0.29) is 47.3 Å². The summed E-state index contributed by atoms with van der Waals surface area (Å²) >= 11 is 1.25. The van der Waals surface area contributed by atoms with Crippen LogP contribution in [0.25, 0.3) is 0 Å². The predicted molar refractivity (Wildman–Crippen MR) is 139 cm³/mol. The molecule has 1 heterocycles.